The number of guanidine groups is 1. The maximum atomic E-state index is 5.94. The monoisotopic (exact) mass is 277 g/mol. The molecule has 100 valence electrons. The Morgan fingerprint density at radius 3 is 2.84 bits per heavy atom. The molecule has 0 amide bonds. The third-order valence-corrected chi connectivity index (χ3v) is 2.81. The molecule has 0 atom stereocenters. The molecule has 3 N–H and O–H groups in total. The normalized spacial score (nSPS) is 11.4. The molecule has 0 aliphatic heterocycles. The summed E-state index contributed by atoms with van der Waals surface area (Å²) < 4.78 is 0. The van der Waals surface area contributed by atoms with Crippen LogP contribution >= 0.6 is 11.6 Å². The first-order valence-electron chi connectivity index (χ1n) is 5.95. The molecule has 6 heteroatoms. The first-order valence-corrected chi connectivity index (χ1v) is 6.33. The largest absolute Gasteiger partial charge is 0.352 e. The Labute approximate surface area is 117 Å². The lowest BCUT2D eigenvalue weighted by Gasteiger charge is -2.11. The van der Waals surface area contributed by atoms with Crippen LogP contribution in [-0.4, -0.2) is 23.2 Å². The van der Waals surface area contributed by atoms with Crippen LogP contribution in [0.4, 0.5) is 0 Å². The van der Waals surface area contributed by atoms with Gasteiger partial charge in [-0.25, -0.2) is 0 Å². The summed E-state index contributed by atoms with van der Waals surface area (Å²) in [6, 6.07) is 9.64. The lowest BCUT2D eigenvalue weighted by Crippen LogP contribution is -2.36. The molecule has 1 aromatic heterocycles. The molecule has 0 radical (unpaired) electrons. The minimum absolute atomic E-state index is 0.648. The lowest BCUT2D eigenvalue weighted by atomic mass is 10.2. The van der Waals surface area contributed by atoms with Crippen LogP contribution in [0, 0.1) is 0 Å². The molecule has 0 spiro atoms. The highest BCUT2D eigenvalue weighted by atomic mass is 35.5. The van der Waals surface area contributed by atoms with Gasteiger partial charge < -0.3 is 10.6 Å². The molecule has 0 saturated carbocycles. The van der Waals surface area contributed by atoms with Crippen molar-refractivity contribution < 1.29 is 0 Å². The molecule has 0 saturated heterocycles. The SMILES string of the molecule is CN=C(NCc1cccc(Cl)c1)NCc1ccn[nH]1. The Bertz CT molecular complexity index is 536. The van der Waals surface area contributed by atoms with E-state index in [2.05, 4.69) is 25.8 Å². The zero-order valence-electron chi connectivity index (χ0n) is 10.7. The van der Waals surface area contributed by atoms with Crippen LogP contribution in [0.1, 0.15) is 11.3 Å². The summed E-state index contributed by atoms with van der Waals surface area (Å²) in [7, 11) is 1.74. The van der Waals surface area contributed by atoms with E-state index >= 15 is 0 Å². The molecule has 0 aliphatic carbocycles. The van der Waals surface area contributed by atoms with Crippen molar-refractivity contribution in [1.29, 1.82) is 0 Å². The summed E-state index contributed by atoms with van der Waals surface area (Å²) in [5.74, 6) is 0.731. The predicted molar refractivity (Wildman–Crippen MR) is 77.1 cm³/mol. The van der Waals surface area contributed by atoms with Gasteiger partial charge in [-0.1, -0.05) is 23.7 Å². The summed E-state index contributed by atoms with van der Waals surface area (Å²) in [6.07, 6.45) is 1.72. The van der Waals surface area contributed by atoms with Crippen molar-refractivity contribution in [3.8, 4) is 0 Å². The highest BCUT2D eigenvalue weighted by molar-refractivity contribution is 6.30. The van der Waals surface area contributed by atoms with Crippen LogP contribution in [0.25, 0.3) is 0 Å². The average Bonchev–Trinajstić information content (AvgIpc) is 2.92. The standard InChI is InChI=1S/C13H16ClN5/c1-15-13(17-9-12-5-6-18-19-12)16-8-10-3-2-4-11(14)7-10/h2-7H,8-9H2,1H3,(H,18,19)(H2,15,16,17). The maximum Gasteiger partial charge on any atom is 0.191 e. The van der Waals surface area contributed by atoms with E-state index in [0.717, 1.165) is 22.2 Å². The number of aromatic amines is 1. The summed E-state index contributed by atoms with van der Waals surface area (Å²) in [5, 5.41) is 13.9. The molecule has 2 aromatic rings. The fourth-order valence-corrected chi connectivity index (χ4v) is 1.83. The lowest BCUT2D eigenvalue weighted by molar-refractivity contribution is 0.790. The number of rotatable bonds is 4. The third kappa shape index (κ3) is 4.30. The maximum absolute atomic E-state index is 5.94. The molecule has 0 bridgehead atoms. The van der Waals surface area contributed by atoms with E-state index in [4.69, 9.17) is 11.6 Å². The fraction of sp³-hybridized carbons (Fsp3) is 0.231. The van der Waals surface area contributed by atoms with E-state index in [0.29, 0.717) is 13.1 Å². The van der Waals surface area contributed by atoms with Crippen LogP contribution in [-0.2, 0) is 13.1 Å². The van der Waals surface area contributed by atoms with Gasteiger partial charge in [-0.15, -0.1) is 0 Å². The molecular weight excluding hydrogens is 262 g/mol. The van der Waals surface area contributed by atoms with E-state index in [1.54, 1.807) is 13.2 Å². The molecule has 19 heavy (non-hydrogen) atoms. The van der Waals surface area contributed by atoms with Crippen molar-refractivity contribution in [2.24, 2.45) is 4.99 Å². The van der Waals surface area contributed by atoms with Crippen LogP contribution in [0.5, 0.6) is 0 Å². The number of nitrogens with one attached hydrogen (secondary N) is 3. The van der Waals surface area contributed by atoms with Crippen LogP contribution < -0.4 is 10.6 Å². The molecule has 5 nitrogen and oxygen atoms in total. The predicted octanol–water partition coefficient (Wildman–Crippen LogP) is 1.93. The molecule has 2 rings (SSSR count). The summed E-state index contributed by atoms with van der Waals surface area (Å²) in [4.78, 5) is 4.15. The third-order valence-electron chi connectivity index (χ3n) is 2.58. The molecule has 0 aliphatic rings. The van der Waals surface area contributed by atoms with Crippen molar-refractivity contribution in [1.82, 2.24) is 20.8 Å². The molecule has 1 aromatic carbocycles. The number of nitrogens with zero attached hydrogens (tertiary/aromatic N) is 2. The van der Waals surface area contributed by atoms with Crippen molar-refractivity contribution in [3.05, 3.63) is 52.8 Å². The van der Waals surface area contributed by atoms with Gasteiger partial charge in [-0.05, 0) is 23.8 Å². The number of aromatic nitrogens is 2. The van der Waals surface area contributed by atoms with Gasteiger partial charge in [0.05, 0.1) is 12.2 Å². The van der Waals surface area contributed by atoms with Crippen LogP contribution in [0.3, 0.4) is 0 Å². The highest BCUT2D eigenvalue weighted by Crippen LogP contribution is 2.10. The molecule has 0 fully saturated rings. The van der Waals surface area contributed by atoms with Crippen molar-refractivity contribution in [2.75, 3.05) is 7.05 Å². The Morgan fingerprint density at radius 1 is 1.32 bits per heavy atom. The van der Waals surface area contributed by atoms with Gasteiger partial charge in [0.1, 0.15) is 0 Å². The second-order valence-corrected chi connectivity index (χ2v) is 4.43. The van der Waals surface area contributed by atoms with Gasteiger partial charge in [0, 0.05) is 24.8 Å². The van der Waals surface area contributed by atoms with E-state index in [-0.39, 0.29) is 0 Å². The van der Waals surface area contributed by atoms with Gasteiger partial charge in [0.2, 0.25) is 0 Å². The quantitative estimate of drug-likeness (QED) is 0.591. The molecular formula is C13H16ClN5. The highest BCUT2D eigenvalue weighted by Gasteiger charge is 2.00. The molecule has 1 heterocycles. The van der Waals surface area contributed by atoms with E-state index < -0.39 is 0 Å². The Balaban J connectivity index is 1.83. The summed E-state index contributed by atoms with van der Waals surface area (Å²) in [5.41, 5.74) is 2.11. The number of hydrogen-bond donors (Lipinski definition) is 3. The van der Waals surface area contributed by atoms with Gasteiger partial charge >= 0.3 is 0 Å². The number of hydrogen-bond acceptors (Lipinski definition) is 2. The first kappa shape index (κ1) is 13.4. The average molecular weight is 278 g/mol. The summed E-state index contributed by atoms with van der Waals surface area (Å²) >= 11 is 5.94. The van der Waals surface area contributed by atoms with E-state index in [9.17, 15) is 0 Å². The van der Waals surface area contributed by atoms with Gasteiger partial charge in [-0.3, -0.25) is 10.1 Å². The Morgan fingerprint density at radius 2 is 2.16 bits per heavy atom. The number of H-pyrrole nitrogens is 1. The van der Waals surface area contributed by atoms with E-state index in [1.165, 1.54) is 0 Å². The van der Waals surface area contributed by atoms with Crippen LogP contribution in [0.15, 0.2) is 41.5 Å². The second kappa shape index (κ2) is 6.80. The van der Waals surface area contributed by atoms with Crippen LogP contribution in [0.2, 0.25) is 5.02 Å². The number of benzene rings is 1. The van der Waals surface area contributed by atoms with Gasteiger partial charge in [-0.2, -0.15) is 5.10 Å². The topological polar surface area (TPSA) is 65.1 Å². The van der Waals surface area contributed by atoms with Crippen molar-refractivity contribution >= 4 is 17.6 Å². The van der Waals surface area contributed by atoms with Gasteiger partial charge in [0.15, 0.2) is 5.96 Å². The number of aliphatic imine (C=N–C) groups is 1. The smallest absolute Gasteiger partial charge is 0.191 e. The zero-order valence-corrected chi connectivity index (χ0v) is 11.4. The minimum Gasteiger partial charge on any atom is -0.352 e. The zero-order chi connectivity index (χ0) is 13.5. The first-order chi connectivity index (χ1) is 9.28. The summed E-state index contributed by atoms with van der Waals surface area (Å²) in [6.45, 7) is 1.32. The van der Waals surface area contributed by atoms with E-state index in [1.807, 2.05) is 30.3 Å². The number of halogens is 1. The molecule has 0 unspecified atom stereocenters. The Kier molecular flexibility index (Phi) is 4.80. The Hall–Kier alpha value is -2.01. The van der Waals surface area contributed by atoms with Crippen molar-refractivity contribution in [2.45, 2.75) is 13.1 Å². The van der Waals surface area contributed by atoms with Gasteiger partial charge in [0.25, 0.3) is 0 Å². The fourth-order valence-electron chi connectivity index (χ4n) is 1.62. The van der Waals surface area contributed by atoms with Crippen molar-refractivity contribution in [3.63, 3.8) is 0 Å². The second-order valence-electron chi connectivity index (χ2n) is 3.99. The minimum atomic E-state index is 0.648.